The highest BCUT2D eigenvalue weighted by atomic mass is 32.2. The zero-order valence-corrected chi connectivity index (χ0v) is 19.9. The van der Waals surface area contributed by atoms with Crippen molar-refractivity contribution in [2.75, 3.05) is 13.1 Å². The second kappa shape index (κ2) is 8.96. The molecule has 3 aromatic heterocycles. The molecule has 2 fully saturated rings. The van der Waals surface area contributed by atoms with Gasteiger partial charge in [0.05, 0.1) is 15.7 Å². The first kappa shape index (κ1) is 22.2. The number of sulfonamides is 1. The molecule has 0 aromatic carbocycles. The van der Waals surface area contributed by atoms with Gasteiger partial charge in [-0.3, -0.25) is 9.78 Å². The van der Waals surface area contributed by atoms with Crippen molar-refractivity contribution in [3.05, 3.63) is 46.9 Å². The van der Waals surface area contributed by atoms with Crippen molar-refractivity contribution in [3.8, 4) is 10.7 Å². The third kappa shape index (κ3) is 4.71. The van der Waals surface area contributed by atoms with Crippen LogP contribution < -0.4 is 5.32 Å². The van der Waals surface area contributed by atoms with Gasteiger partial charge in [0, 0.05) is 42.8 Å². The quantitative estimate of drug-likeness (QED) is 0.544. The minimum Gasteiger partial charge on any atom is -0.352 e. The molecule has 0 radical (unpaired) electrons. The number of carbonyl (C=O) groups is 1. The lowest BCUT2D eigenvalue weighted by atomic mass is 9.99. The van der Waals surface area contributed by atoms with Gasteiger partial charge >= 0.3 is 0 Å². The van der Waals surface area contributed by atoms with Gasteiger partial charge in [-0.2, -0.15) is 9.29 Å². The number of aromatic nitrogens is 3. The maximum atomic E-state index is 13.5. The van der Waals surface area contributed by atoms with Crippen LogP contribution in [0.15, 0.2) is 40.0 Å². The average molecular weight is 488 g/mol. The number of hydrogen-bond donors (Lipinski definition) is 1. The summed E-state index contributed by atoms with van der Waals surface area (Å²) in [6.07, 6.45) is 6.78. The smallest absolute Gasteiger partial charge is 0.244 e. The van der Waals surface area contributed by atoms with Crippen LogP contribution in [0.3, 0.4) is 0 Å². The summed E-state index contributed by atoms with van der Waals surface area (Å²) in [5.41, 5.74) is 0.902. The molecule has 1 unspecified atom stereocenters. The van der Waals surface area contributed by atoms with Gasteiger partial charge in [0.25, 0.3) is 0 Å². The first-order chi connectivity index (χ1) is 15.9. The van der Waals surface area contributed by atoms with Gasteiger partial charge in [0.2, 0.25) is 27.6 Å². The maximum Gasteiger partial charge on any atom is 0.244 e. The average Bonchev–Trinajstić information content (AvgIpc) is 3.42. The molecule has 1 aliphatic heterocycles. The van der Waals surface area contributed by atoms with Crippen LogP contribution in [0.2, 0.25) is 0 Å². The third-order valence-corrected chi connectivity index (χ3v) is 9.19. The molecule has 11 heteroatoms. The lowest BCUT2D eigenvalue weighted by Gasteiger charge is -2.31. The first-order valence-corrected chi connectivity index (χ1v) is 13.3. The van der Waals surface area contributed by atoms with Gasteiger partial charge in [0.1, 0.15) is 0 Å². The molecule has 1 N–H and O–H groups in total. The molecule has 0 bridgehead atoms. The lowest BCUT2D eigenvalue weighted by molar-refractivity contribution is -0.126. The Kier molecular flexibility index (Phi) is 6.02. The fourth-order valence-electron chi connectivity index (χ4n) is 4.01. The Hall–Kier alpha value is -2.63. The van der Waals surface area contributed by atoms with Gasteiger partial charge in [-0.05, 0) is 50.3 Å². The second-order valence-electron chi connectivity index (χ2n) is 8.54. The van der Waals surface area contributed by atoms with Crippen molar-refractivity contribution in [3.63, 3.8) is 0 Å². The number of nitrogens with zero attached hydrogens (tertiary/aromatic N) is 4. The van der Waals surface area contributed by atoms with Gasteiger partial charge in [-0.25, -0.2) is 8.42 Å². The number of carbonyl (C=O) groups excluding carboxylic acids is 1. The second-order valence-corrected chi connectivity index (χ2v) is 11.7. The number of thiophene rings is 1. The topological polar surface area (TPSA) is 118 Å². The molecule has 1 amide bonds. The van der Waals surface area contributed by atoms with Gasteiger partial charge < -0.3 is 9.84 Å². The molecule has 1 aliphatic carbocycles. The molecule has 3 aromatic rings. The zero-order valence-electron chi connectivity index (χ0n) is 18.2. The number of pyridine rings is 1. The van der Waals surface area contributed by atoms with Crippen LogP contribution in [0.1, 0.15) is 47.9 Å². The predicted octanol–water partition coefficient (Wildman–Crippen LogP) is 3.10. The maximum absolute atomic E-state index is 13.5. The summed E-state index contributed by atoms with van der Waals surface area (Å²) in [6, 6.07) is 5.33. The normalized spacial score (nSPS) is 19.5. The van der Waals surface area contributed by atoms with E-state index in [9.17, 15) is 13.2 Å². The standard InChI is InChI=1S/C22H25N5O4S2/c1-14-19(10-18(32-14)20-25-22(31-26-20)16-6-7-16)33(29,30)27-9-3-5-17(13-27)21(28)24-12-15-4-2-8-23-11-15/h2,4,8,10-11,16-17H,3,5-7,9,12-13H2,1H3,(H,24,28). The van der Waals surface area contributed by atoms with Crippen molar-refractivity contribution in [1.29, 1.82) is 0 Å². The molecule has 5 rings (SSSR count). The minimum atomic E-state index is -3.74. The molecule has 2 aliphatic rings. The fourth-order valence-corrected chi connectivity index (χ4v) is 7.02. The van der Waals surface area contributed by atoms with Crippen molar-refractivity contribution in [2.45, 2.75) is 50.0 Å². The number of nitrogens with one attached hydrogen (secondary N) is 1. The summed E-state index contributed by atoms with van der Waals surface area (Å²) in [7, 11) is -3.74. The van der Waals surface area contributed by atoms with Crippen molar-refractivity contribution < 1.29 is 17.7 Å². The van der Waals surface area contributed by atoms with E-state index in [0.717, 1.165) is 18.4 Å². The molecular weight excluding hydrogens is 462 g/mol. The lowest BCUT2D eigenvalue weighted by Crippen LogP contribution is -2.45. The van der Waals surface area contributed by atoms with Gasteiger partial charge in [-0.1, -0.05) is 11.2 Å². The number of rotatable bonds is 7. The van der Waals surface area contributed by atoms with E-state index in [1.54, 1.807) is 25.4 Å². The number of piperidine rings is 1. The molecule has 1 atom stereocenters. The van der Waals surface area contributed by atoms with Crippen LogP contribution >= 0.6 is 11.3 Å². The Morgan fingerprint density at radius 1 is 1.33 bits per heavy atom. The summed E-state index contributed by atoms with van der Waals surface area (Å²) in [5, 5.41) is 6.94. The first-order valence-electron chi connectivity index (χ1n) is 11.0. The number of hydrogen-bond acceptors (Lipinski definition) is 8. The molecule has 174 valence electrons. The molecule has 9 nitrogen and oxygen atoms in total. The molecular formula is C22H25N5O4S2. The summed E-state index contributed by atoms with van der Waals surface area (Å²) in [6.45, 7) is 2.72. The van der Waals surface area contributed by atoms with Gasteiger partial charge in [-0.15, -0.1) is 11.3 Å². The van der Waals surface area contributed by atoms with Crippen LogP contribution in [0.25, 0.3) is 10.7 Å². The SMILES string of the molecule is Cc1sc(-c2noc(C3CC3)n2)cc1S(=O)(=O)N1CCCC(C(=O)NCc2cccnc2)C1. The van der Waals surface area contributed by atoms with Crippen LogP contribution in [0.5, 0.6) is 0 Å². The van der Waals surface area contributed by atoms with Crippen LogP contribution in [0, 0.1) is 12.8 Å². The van der Waals surface area contributed by atoms with Crippen molar-refractivity contribution in [1.82, 2.24) is 24.7 Å². The van der Waals surface area contributed by atoms with E-state index in [1.165, 1.54) is 15.6 Å². The summed E-state index contributed by atoms with van der Waals surface area (Å²) >= 11 is 1.34. The fraction of sp³-hybridized carbons (Fsp3) is 0.455. The predicted molar refractivity (Wildman–Crippen MR) is 122 cm³/mol. The monoisotopic (exact) mass is 487 g/mol. The van der Waals surface area contributed by atoms with Gasteiger partial charge in [0.15, 0.2) is 0 Å². The van der Waals surface area contributed by atoms with Crippen molar-refractivity contribution in [2.24, 2.45) is 5.92 Å². The molecule has 33 heavy (non-hydrogen) atoms. The molecule has 1 saturated heterocycles. The molecule has 0 spiro atoms. The van der Waals surface area contributed by atoms with Crippen LogP contribution in [0.4, 0.5) is 0 Å². The number of aryl methyl sites for hydroxylation is 1. The Bertz CT molecular complexity index is 1250. The highest BCUT2D eigenvalue weighted by molar-refractivity contribution is 7.89. The largest absolute Gasteiger partial charge is 0.352 e. The molecule has 1 saturated carbocycles. The van der Waals surface area contributed by atoms with E-state index < -0.39 is 10.0 Å². The highest BCUT2D eigenvalue weighted by Crippen LogP contribution is 2.41. The van der Waals surface area contributed by atoms with E-state index in [4.69, 9.17) is 4.52 Å². The molecule has 4 heterocycles. The van der Waals surface area contributed by atoms with E-state index in [0.29, 0.717) is 53.3 Å². The third-order valence-electron chi connectivity index (χ3n) is 6.02. The Balaban J connectivity index is 1.28. The Morgan fingerprint density at radius 3 is 2.94 bits per heavy atom. The van der Waals surface area contributed by atoms with Crippen LogP contribution in [-0.2, 0) is 21.4 Å². The number of amides is 1. The van der Waals surface area contributed by atoms with E-state index in [1.807, 2.05) is 12.1 Å². The minimum absolute atomic E-state index is 0.138. The summed E-state index contributed by atoms with van der Waals surface area (Å²) in [5.74, 6) is 0.863. The Labute approximate surface area is 196 Å². The Morgan fingerprint density at radius 2 is 2.18 bits per heavy atom. The van der Waals surface area contributed by atoms with Crippen LogP contribution in [-0.4, -0.2) is 46.8 Å². The van der Waals surface area contributed by atoms with E-state index in [-0.39, 0.29) is 23.3 Å². The summed E-state index contributed by atoms with van der Waals surface area (Å²) < 4.78 is 33.7. The highest BCUT2D eigenvalue weighted by Gasteiger charge is 2.35. The van der Waals surface area contributed by atoms with E-state index in [2.05, 4.69) is 20.4 Å². The van der Waals surface area contributed by atoms with E-state index >= 15 is 0 Å². The summed E-state index contributed by atoms with van der Waals surface area (Å²) in [4.78, 5) is 22.8. The van der Waals surface area contributed by atoms with Crippen molar-refractivity contribution >= 4 is 27.3 Å². The zero-order chi connectivity index (χ0) is 23.0.